The number of nitrogens with two attached hydrogens (primary N) is 1. The van der Waals surface area contributed by atoms with Crippen LogP contribution in [0.15, 0.2) is 30.3 Å². The largest absolute Gasteiger partial charge is 0.460 e. The maximum atomic E-state index is 13.0. The number of amides is 4. The summed E-state index contributed by atoms with van der Waals surface area (Å²) < 4.78 is 10.4. The van der Waals surface area contributed by atoms with E-state index in [0.717, 1.165) is 5.56 Å². The van der Waals surface area contributed by atoms with Gasteiger partial charge in [0.25, 0.3) is 0 Å². The number of benzene rings is 1. The molecule has 5 N–H and O–H groups in total. The first-order valence-corrected chi connectivity index (χ1v) is 12.2. The molecular weight excluding hydrogens is 480 g/mol. The molecule has 0 saturated heterocycles. The zero-order chi connectivity index (χ0) is 28.3. The number of esters is 1. The van der Waals surface area contributed by atoms with Crippen molar-refractivity contribution in [1.82, 2.24) is 16.0 Å². The second-order valence-electron chi connectivity index (χ2n) is 10.4. The number of nitrogens with one attached hydrogen (secondary N) is 3. The second-order valence-corrected chi connectivity index (χ2v) is 10.4. The summed E-state index contributed by atoms with van der Waals surface area (Å²) in [6.07, 6.45) is -1.24. The highest BCUT2D eigenvalue weighted by molar-refractivity contribution is 5.95. The Morgan fingerprint density at radius 2 is 1.35 bits per heavy atom. The molecule has 1 rings (SSSR count). The van der Waals surface area contributed by atoms with Crippen LogP contribution in [0, 0.1) is 11.8 Å². The van der Waals surface area contributed by atoms with Gasteiger partial charge in [-0.15, -0.1) is 0 Å². The Labute approximate surface area is 218 Å². The van der Waals surface area contributed by atoms with Crippen LogP contribution < -0.4 is 21.7 Å². The Balaban J connectivity index is 2.84. The Morgan fingerprint density at radius 3 is 1.84 bits per heavy atom. The minimum Gasteiger partial charge on any atom is -0.460 e. The van der Waals surface area contributed by atoms with Crippen molar-refractivity contribution in [2.24, 2.45) is 17.6 Å². The van der Waals surface area contributed by atoms with Crippen molar-refractivity contribution < 1.29 is 33.4 Å². The van der Waals surface area contributed by atoms with Gasteiger partial charge in [0.1, 0.15) is 30.3 Å². The number of hydrogen-bond donors (Lipinski definition) is 4. The van der Waals surface area contributed by atoms with E-state index in [2.05, 4.69) is 16.0 Å². The maximum absolute atomic E-state index is 13.0. The standard InChI is InChI=1S/C26H40N4O7/c1-15(2)20(23(33)28-18(22(27)32)13-19(31)37-26(5,6)7)29-24(34)21(16(3)4)30-25(35)36-14-17-11-9-8-10-12-17/h8-12,15-16,18,20-21H,13-14H2,1-7H3,(H2,27,32)(H,28,33)(H,29,34)(H,30,35)/t18-,20-,21-/m0/s1. The van der Waals surface area contributed by atoms with E-state index in [1.807, 2.05) is 18.2 Å². The highest BCUT2D eigenvalue weighted by Gasteiger charge is 2.33. The third kappa shape index (κ3) is 11.8. The van der Waals surface area contributed by atoms with Crippen LogP contribution in [-0.4, -0.2) is 53.5 Å². The normalized spacial score (nSPS) is 13.8. The molecule has 206 valence electrons. The van der Waals surface area contributed by atoms with E-state index >= 15 is 0 Å². The molecule has 1 aromatic rings. The van der Waals surface area contributed by atoms with Gasteiger partial charge in [-0.1, -0.05) is 58.0 Å². The summed E-state index contributed by atoms with van der Waals surface area (Å²) in [4.78, 5) is 62.4. The highest BCUT2D eigenvalue weighted by Crippen LogP contribution is 2.11. The van der Waals surface area contributed by atoms with Crippen LogP contribution in [-0.2, 0) is 35.3 Å². The number of carbonyl (C=O) groups is 5. The van der Waals surface area contributed by atoms with Gasteiger partial charge in [0, 0.05) is 0 Å². The molecule has 11 nitrogen and oxygen atoms in total. The lowest BCUT2D eigenvalue weighted by molar-refractivity contribution is -0.156. The quantitative estimate of drug-likeness (QED) is 0.305. The number of rotatable bonds is 12. The molecule has 1 aromatic carbocycles. The molecule has 0 aromatic heterocycles. The van der Waals surface area contributed by atoms with Crippen LogP contribution in [0.3, 0.4) is 0 Å². The van der Waals surface area contributed by atoms with Crippen molar-refractivity contribution in [3.05, 3.63) is 35.9 Å². The lowest BCUT2D eigenvalue weighted by atomic mass is 9.99. The van der Waals surface area contributed by atoms with Gasteiger partial charge < -0.3 is 31.2 Å². The molecule has 0 bridgehead atoms. The van der Waals surface area contributed by atoms with Gasteiger partial charge in [-0.2, -0.15) is 0 Å². The van der Waals surface area contributed by atoms with E-state index in [4.69, 9.17) is 15.2 Å². The molecule has 0 saturated carbocycles. The fourth-order valence-corrected chi connectivity index (χ4v) is 3.24. The third-order valence-corrected chi connectivity index (χ3v) is 5.13. The Hall–Kier alpha value is -3.63. The van der Waals surface area contributed by atoms with Crippen LogP contribution >= 0.6 is 0 Å². The molecular formula is C26H40N4O7. The minimum atomic E-state index is -1.33. The first kappa shape index (κ1) is 31.4. The second kappa shape index (κ2) is 14.2. The number of ether oxygens (including phenoxy) is 2. The van der Waals surface area contributed by atoms with E-state index < -0.39 is 65.8 Å². The van der Waals surface area contributed by atoms with Gasteiger partial charge in [0.05, 0.1) is 6.42 Å². The minimum absolute atomic E-state index is 0.0300. The molecule has 4 amide bonds. The van der Waals surface area contributed by atoms with Crippen LogP contribution in [0.2, 0.25) is 0 Å². The number of carbonyl (C=O) groups excluding carboxylic acids is 5. The monoisotopic (exact) mass is 520 g/mol. The van der Waals surface area contributed by atoms with Crippen molar-refractivity contribution >= 4 is 29.8 Å². The lowest BCUT2D eigenvalue weighted by Gasteiger charge is -2.28. The van der Waals surface area contributed by atoms with Crippen molar-refractivity contribution in [1.29, 1.82) is 0 Å². The van der Waals surface area contributed by atoms with E-state index in [1.165, 1.54) is 0 Å². The molecule has 0 fully saturated rings. The van der Waals surface area contributed by atoms with E-state index in [-0.39, 0.29) is 12.5 Å². The average Bonchev–Trinajstić information content (AvgIpc) is 2.77. The SMILES string of the molecule is CC(C)[C@H](NC(=O)OCc1ccccc1)C(=O)N[C@H](C(=O)N[C@@H](CC(=O)OC(C)(C)C)C(N)=O)C(C)C. The highest BCUT2D eigenvalue weighted by atomic mass is 16.6. The van der Waals surface area contributed by atoms with Gasteiger partial charge in [-0.3, -0.25) is 19.2 Å². The van der Waals surface area contributed by atoms with E-state index in [0.29, 0.717) is 0 Å². The molecule has 0 radical (unpaired) electrons. The molecule has 37 heavy (non-hydrogen) atoms. The smallest absolute Gasteiger partial charge is 0.408 e. The Bertz CT molecular complexity index is 942. The van der Waals surface area contributed by atoms with Crippen LogP contribution in [0.5, 0.6) is 0 Å². The molecule has 0 aliphatic rings. The summed E-state index contributed by atoms with van der Waals surface area (Å²) in [7, 11) is 0. The van der Waals surface area contributed by atoms with Crippen molar-refractivity contribution in [3.63, 3.8) is 0 Å². The average molecular weight is 521 g/mol. The fraction of sp³-hybridized carbons (Fsp3) is 0.577. The molecule has 3 atom stereocenters. The molecule has 0 spiro atoms. The number of alkyl carbamates (subject to hydrolysis) is 1. The predicted molar refractivity (Wildman–Crippen MR) is 137 cm³/mol. The van der Waals surface area contributed by atoms with Gasteiger partial charge in [0.15, 0.2) is 0 Å². The summed E-state index contributed by atoms with van der Waals surface area (Å²) in [6.45, 7) is 11.9. The number of hydrogen-bond acceptors (Lipinski definition) is 7. The lowest BCUT2D eigenvalue weighted by Crippen LogP contribution is -2.59. The van der Waals surface area contributed by atoms with Crippen molar-refractivity contribution in [2.75, 3.05) is 0 Å². The summed E-state index contributed by atoms with van der Waals surface area (Å²) >= 11 is 0. The molecule has 0 aliphatic heterocycles. The van der Waals surface area contributed by atoms with Gasteiger partial charge in [-0.25, -0.2) is 4.79 Å². The molecule has 0 heterocycles. The van der Waals surface area contributed by atoms with Gasteiger partial charge in [-0.05, 0) is 38.2 Å². The van der Waals surface area contributed by atoms with Crippen molar-refractivity contribution in [3.8, 4) is 0 Å². The summed E-state index contributed by atoms with van der Waals surface area (Å²) in [5.41, 5.74) is 5.39. The number of primary amides is 1. The Morgan fingerprint density at radius 1 is 0.838 bits per heavy atom. The van der Waals surface area contributed by atoms with Crippen LogP contribution in [0.1, 0.15) is 60.5 Å². The van der Waals surface area contributed by atoms with Crippen molar-refractivity contribution in [2.45, 2.75) is 85.2 Å². The predicted octanol–water partition coefficient (Wildman–Crippen LogP) is 1.78. The van der Waals surface area contributed by atoms with Gasteiger partial charge in [0.2, 0.25) is 17.7 Å². The molecule has 0 aliphatic carbocycles. The van der Waals surface area contributed by atoms with Gasteiger partial charge >= 0.3 is 12.1 Å². The first-order chi connectivity index (χ1) is 17.1. The van der Waals surface area contributed by atoms with Crippen LogP contribution in [0.25, 0.3) is 0 Å². The summed E-state index contributed by atoms with van der Waals surface area (Å²) in [5.74, 6) is -3.66. The third-order valence-electron chi connectivity index (χ3n) is 5.13. The van der Waals surface area contributed by atoms with Crippen LogP contribution in [0.4, 0.5) is 4.79 Å². The Kier molecular flexibility index (Phi) is 12.0. The molecule has 11 heteroatoms. The van der Waals surface area contributed by atoms with E-state index in [9.17, 15) is 24.0 Å². The summed E-state index contributed by atoms with van der Waals surface area (Å²) in [6, 6.07) is 5.67. The fourth-order valence-electron chi connectivity index (χ4n) is 3.24. The summed E-state index contributed by atoms with van der Waals surface area (Å²) in [5, 5.41) is 7.59. The maximum Gasteiger partial charge on any atom is 0.408 e. The first-order valence-electron chi connectivity index (χ1n) is 12.2. The zero-order valence-corrected chi connectivity index (χ0v) is 22.6. The van der Waals surface area contributed by atoms with E-state index in [1.54, 1.807) is 60.6 Å². The molecule has 0 unspecified atom stereocenters. The topological polar surface area (TPSA) is 166 Å². The zero-order valence-electron chi connectivity index (χ0n) is 22.6.